The monoisotopic (exact) mass is 411 g/mol. The zero-order chi connectivity index (χ0) is 21.9. The Morgan fingerprint density at radius 1 is 1.03 bits per heavy atom. The van der Waals surface area contributed by atoms with Gasteiger partial charge in [-0.3, -0.25) is 9.59 Å². The number of amides is 3. The first-order chi connectivity index (χ1) is 14.4. The number of carbonyl (C=O) groups excluding carboxylic acids is 3. The van der Waals surface area contributed by atoms with E-state index in [0.29, 0.717) is 6.54 Å². The lowest BCUT2D eigenvalue weighted by molar-refractivity contribution is -0.141. The van der Waals surface area contributed by atoms with E-state index >= 15 is 0 Å². The van der Waals surface area contributed by atoms with Crippen molar-refractivity contribution in [1.29, 1.82) is 0 Å². The summed E-state index contributed by atoms with van der Waals surface area (Å²) in [5.74, 6) is -0.660. The molecule has 30 heavy (non-hydrogen) atoms. The number of esters is 1. The molecule has 0 heterocycles. The predicted octanol–water partition coefficient (Wildman–Crippen LogP) is 2.95. The van der Waals surface area contributed by atoms with E-state index < -0.39 is 12.0 Å². The molecule has 2 N–H and O–H groups in total. The van der Waals surface area contributed by atoms with Crippen LogP contribution >= 0.6 is 0 Å². The van der Waals surface area contributed by atoms with E-state index in [1.165, 1.54) is 7.11 Å². The van der Waals surface area contributed by atoms with E-state index in [1.807, 2.05) is 61.5 Å². The zero-order valence-electron chi connectivity index (χ0n) is 17.7. The molecule has 0 saturated heterocycles. The summed E-state index contributed by atoms with van der Waals surface area (Å²) in [6.07, 6.45) is 0.145. The minimum Gasteiger partial charge on any atom is -0.469 e. The van der Waals surface area contributed by atoms with E-state index in [4.69, 9.17) is 4.74 Å². The molecule has 0 fully saturated rings. The number of urea groups is 1. The average Bonchev–Trinajstić information content (AvgIpc) is 2.74. The van der Waals surface area contributed by atoms with Gasteiger partial charge in [0.25, 0.3) is 0 Å². The standard InChI is InChI=1S/C23H29N3O4/c1-17-9-11-19(12-10-17)20(15-22(28)30-3)25-21(27)13-14-24-23(29)26(2)16-18-7-5-4-6-8-18/h4-12,20H,13-16H2,1-3H3,(H,24,29)(H,25,27). The lowest BCUT2D eigenvalue weighted by atomic mass is 10.0. The number of nitrogens with zero attached hydrogens (tertiary/aromatic N) is 1. The van der Waals surface area contributed by atoms with Crippen molar-refractivity contribution in [3.05, 3.63) is 71.3 Å². The van der Waals surface area contributed by atoms with Crippen LogP contribution in [0.2, 0.25) is 0 Å². The summed E-state index contributed by atoms with van der Waals surface area (Å²) in [5.41, 5.74) is 2.94. The molecular formula is C23H29N3O4. The van der Waals surface area contributed by atoms with Crippen molar-refractivity contribution in [3.8, 4) is 0 Å². The van der Waals surface area contributed by atoms with Gasteiger partial charge in [0.1, 0.15) is 0 Å². The lowest BCUT2D eigenvalue weighted by Gasteiger charge is -2.20. The first-order valence-corrected chi connectivity index (χ1v) is 9.84. The third kappa shape index (κ3) is 7.58. The maximum atomic E-state index is 12.4. The van der Waals surface area contributed by atoms with Crippen molar-refractivity contribution >= 4 is 17.9 Å². The maximum Gasteiger partial charge on any atom is 0.317 e. The fraction of sp³-hybridized carbons (Fsp3) is 0.348. The SMILES string of the molecule is COC(=O)CC(NC(=O)CCNC(=O)N(C)Cc1ccccc1)c1ccc(C)cc1. The topological polar surface area (TPSA) is 87.7 Å². The molecule has 0 aromatic heterocycles. The van der Waals surface area contributed by atoms with Crippen LogP contribution in [0.25, 0.3) is 0 Å². The molecule has 0 aliphatic rings. The Morgan fingerprint density at radius 3 is 2.33 bits per heavy atom. The smallest absolute Gasteiger partial charge is 0.317 e. The molecule has 0 radical (unpaired) electrons. The van der Waals surface area contributed by atoms with Crippen LogP contribution in [0, 0.1) is 6.92 Å². The fourth-order valence-electron chi connectivity index (χ4n) is 2.91. The van der Waals surface area contributed by atoms with Gasteiger partial charge in [-0.15, -0.1) is 0 Å². The summed E-state index contributed by atoms with van der Waals surface area (Å²) in [6.45, 7) is 2.64. The molecule has 7 heteroatoms. The van der Waals surface area contributed by atoms with Crippen LogP contribution in [0.5, 0.6) is 0 Å². The maximum absolute atomic E-state index is 12.4. The highest BCUT2D eigenvalue weighted by atomic mass is 16.5. The third-order valence-corrected chi connectivity index (χ3v) is 4.65. The van der Waals surface area contributed by atoms with Gasteiger partial charge in [0.2, 0.25) is 5.91 Å². The van der Waals surface area contributed by atoms with E-state index in [-0.39, 0.29) is 31.3 Å². The quantitative estimate of drug-likeness (QED) is 0.621. The molecule has 1 atom stereocenters. The Bertz CT molecular complexity index is 837. The van der Waals surface area contributed by atoms with Gasteiger partial charge in [-0.2, -0.15) is 0 Å². The van der Waals surface area contributed by atoms with E-state index in [0.717, 1.165) is 16.7 Å². The number of methoxy groups -OCH3 is 1. The fourth-order valence-corrected chi connectivity index (χ4v) is 2.91. The van der Waals surface area contributed by atoms with Gasteiger partial charge in [0.05, 0.1) is 19.6 Å². The van der Waals surface area contributed by atoms with Crippen LogP contribution in [0.1, 0.15) is 35.6 Å². The van der Waals surface area contributed by atoms with Crippen LogP contribution in [0.3, 0.4) is 0 Å². The first-order valence-electron chi connectivity index (χ1n) is 9.84. The summed E-state index contributed by atoms with van der Waals surface area (Å²) < 4.78 is 4.74. The van der Waals surface area contributed by atoms with Crippen LogP contribution < -0.4 is 10.6 Å². The Kier molecular flexibility index (Phi) is 8.87. The predicted molar refractivity (Wildman–Crippen MR) is 115 cm³/mol. The van der Waals surface area contributed by atoms with E-state index in [2.05, 4.69) is 10.6 Å². The van der Waals surface area contributed by atoms with Crippen LogP contribution in [0.15, 0.2) is 54.6 Å². The Morgan fingerprint density at radius 2 is 1.70 bits per heavy atom. The molecule has 7 nitrogen and oxygen atoms in total. The van der Waals surface area contributed by atoms with Crippen molar-refractivity contribution in [3.63, 3.8) is 0 Å². The van der Waals surface area contributed by atoms with Gasteiger partial charge in [0.15, 0.2) is 0 Å². The van der Waals surface area contributed by atoms with Gasteiger partial charge in [-0.25, -0.2) is 4.79 Å². The zero-order valence-corrected chi connectivity index (χ0v) is 17.7. The van der Waals surface area contributed by atoms with Crippen molar-refractivity contribution in [2.75, 3.05) is 20.7 Å². The number of nitrogens with one attached hydrogen (secondary N) is 2. The summed E-state index contributed by atoms with van der Waals surface area (Å²) in [7, 11) is 3.02. The van der Waals surface area contributed by atoms with Crippen molar-refractivity contribution in [2.24, 2.45) is 0 Å². The largest absolute Gasteiger partial charge is 0.469 e. The molecule has 0 bridgehead atoms. The van der Waals surface area contributed by atoms with Crippen LogP contribution in [0.4, 0.5) is 4.79 Å². The Labute approximate surface area is 177 Å². The number of rotatable bonds is 9. The minimum atomic E-state index is -0.484. The van der Waals surface area contributed by atoms with E-state index in [1.54, 1.807) is 11.9 Å². The van der Waals surface area contributed by atoms with Crippen molar-refractivity contribution in [2.45, 2.75) is 32.4 Å². The third-order valence-electron chi connectivity index (χ3n) is 4.65. The molecule has 0 spiro atoms. The number of hydrogen-bond donors (Lipinski definition) is 2. The normalized spacial score (nSPS) is 11.3. The lowest BCUT2D eigenvalue weighted by Crippen LogP contribution is -2.39. The molecule has 2 rings (SSSR count). The van der Waals surface area contributed by atoms with Gasteiger partial charge in [0, 0.05) is 26.6 Å². The Hall–Kier alpha value is -3.35. The number of aryl methyl sites for hydroxylation is 1. The van der Waals surface area contributed by atoms with Gasteiger partial charge >= 0.3 is 12.0 Å². The molecule has 1 unspecified atom stereocenters. The second-order valence-electron chi connectivity index (χ2n) is 7.13. The molecule has 0 aliphatic carbocycles. The number of hydrogen-bond acceptors (Lipinski definition) is 4. The molecular weight excluding hydrogens is 382 g/mol. The van der Waals surface area contributed by atoms with Crippen LogP contribution in [-0.2, 0) is 20.9 Å². The first kappa shape index (κ1) is 22.9. The summed E-state index contributed by atoms with van der Waals surface area (Å²) in [5, 5.41) is 5.60. The number of ether oxygens (including phenoxy) is 1. The highest BCUT2D eigenvalue weighted by Crippen LogP contribution is 2.18. The number of benzene rings is 2. The highest BCUT2D eigenvalue weighted by molar-refractivity contribution is 5.79. The second kappa shape index (κ2) is 11.6. The molecule has 2 aromatic carbocycles. The molecule has 3 amide bonds. The minimum absolute atomic E-state index is 0.0392. The number of carbonyl (C=O) groups is 3. The van der Waals surface area contributed by atoms with Gasteiger partial charge in [-0.1, -0.05) is 60.2 Å². The van der Waals surface area contributed by atoms with Crippen LogP contribution in [-0.4, -0.2) is 43.5 Å². The average molecular weight is 412 g/mol. The molecule has 0 saturated carbocycles. The molecule has 2 aromatic rings. The molecule has 160 valence electrons. The molecule has 0 aliphatic heterocycles. The summed E-state index contributed by atoms with van der Waals surface area (Å²) >= 11 is 0. The van der Waals surface area contributed by atoms with Crippen molar-refractivity contribution < 1.29 is 19.1 Å². The van der Waals surface area contributed by atoms with Gasteiger partial charge in [-0.05, 0) is 18.1 Å². The summed E-state index contributed by atoms with van der Waals surface area (Å²) in [4.78, 5) is 37.9. The summed E-state index contributed by atoms with van der Waals surface area (Å²) in [6, 6.07) is 16.5. The second-order valence-corrected chi connectivity index (χ2v) is 7.13. The van der Waals surface area contributed by atoms with Gasteiger partial charge < -0.3 is 20.3 Å². The van der Waals surface area contributed by atoms with Crippen molar-refractivity contribution in [1.82, 2.24) is 15.5 Å². The van der Waals surface area contributed by atoms with E-state index in [9.17, 15) is 14.4 Å². The highest BCUT2D eigenvalue weighted by Gasteiger charge is 2.19. The Balaban J connectivity index is 1.83.